The number of aliphatic hydroxyl groups excluding tert-OH is 2. The van der Waals surface area contributed by atoms with Crippen molar-refractivity contribution in [3.63, 3.8) is 0 Å². The van der Waals surface area contributed by atoms with Gasteiger partial charge in [-0.25, -0.2) is 14.6 Å². The van der Waals surface area contributed by atoms with Gasteiger partial charge in [-0.2, -0.15) is 0 Å². The summed E-state index contributed by atoms with van der Waals surface area (Å²) in [7, 11) is 1.59. The van der Waals surface area contributed by atoms with E-state index in [9.17, 15) is 10.2 Å². The van der Waals surface area contributed by atoms with Gasteiger partial charge in [0.15, 0.2) is 5.13 Å². The van der Waals surface area contributed by atoms with E-state index in [2.05, 4.69) is 20.3 Å². The highest BCUT2D eigenvalue weighted by Crippen LogP contribution is 2.32. The van der Waals surface area contributed by atoms with Gasteiger partial charge in [-0.15, -0.1) is 27.8 Å². The molecule has 10 nitrogen and oxygen atoms in total. The van der Waals surface area contributed by atoms with Gasteiger partial charge in [0.05, 0.1) is 41.2 Å². The molecule has 0 spiro atoms. The van der Waals surface area contributed by atoms with E-state index in [4.69, 9.17) is 15.2 Å². The largest absolute Gasteiger partial charge is 0.394 e. The third kappa shape index (κ3) is 5.87. The van der Waals surface area contributed by atoms with Gasteiger partial charge < -0.3 is 25.4 Å². The number of benzene rings is 1. The summed E-state index contributed by atoms with van der Waals surface area (Å²) < 4.78 is 14.6. The number of thioether (sulfide) groups is 1. The maximum atomic E-state index is 10.0. The Bertz CT molecular complexity index is 1180. The molecule has 0 aliphatic heterocycles. The van der Waals surface area contributed by atoms with E-state index in [0.29, 0.717) is 23.1 Å². The van der Waals surface area contributed by atoms with Crippen LogP contribution in [0.2, 0.25) is 0 Å². The molecule has 0 aliphatic carbocycles. The average Bonchev–Trinajstić information content (AvgIpc) is 3.55. The Labute approximate surface area is 202 Å². The lowest BCUT2D eigenvalue weighted by Crippen LogP contribution is -2.40. The second kappa shape index (κ2) is 10.9. The van der Waals surface area contributed by atoms with E-state index < -0.39 is 23.7 Å². The van der Waals surface area contributed by atoms with Gasteiger partial charge >= 0.3 is 0 Å². The molecule has 2 unspecified atom stereocenters. The number of nitrogens with zero attached hydrogens (tertiary/aromatic N) is 5. The smallest absolute Gasteiger partial charge is 0.180 e. The number of methoxy groups -OCH3 is 1. The van der Waals surface area contributed by atoms with Crippen LogP contribution in [0.1, 0.15) is 6.92 Å². The van der Waals surface area contributed by atoms with Crippen molar-refractivity contribution >= 4 is 49.8 Å². The number of rotatable bonds is 11. The molecule has 176 valence electrons. The lowest BCUT2D eigenvalue weighted by atomic mass is 10.2. The molecular formula is C20H24N6O4S3. The van der Waals surface area contributed by atoms with Crippen LogP contribution in [0.3, 0.4) is 0 Å². The number of nitrogen functional groups attached to an aromatic ring is 1. The van der Waals surface area contributed by atoms with Crippen molar-refractivity contribution in [3.8, 4) is 11.4 Å². The van der Waals surface area contributed by atoms with Crippen LogP contribution in [-0.4, -0.2) is 72.6 Å². The van der Waals surface area contributed by atoms with Crippen molar-refractivity contribution in [3.05, 3.63) is 35.3 Å². The summed E-state index contributed by atoms with van der Waals surface area (Å²) in [6.07, 6.45) is -0.316. The Balaban J connectivity index is 1.55. The first-order valence-electron chi connectivity index (χ1n) is 10.1. The molecule has 0 bridgehead atoms. The van der Waals surface area contributed by atoms with Crippen molar-refractivity contribution in [1.82, 2.24) is 25.0 Å². The SMILES string of the molecule is CO[C@@H](Cn1cc(-c2csc(N)n2)nn1)C(OC(CO)[C@@H](C)O)Sc1ccc2ncsc2c1. The zero-order valence-corrected chi connectivity index (χ0v) is 20.4. The highest BCUT2D eigenvalue weighted by Gasteiger charge is 2.29. The van der Waals surface area contributed by atoms with E-state index in [-0.39, 0.29) is 6.61 Å². The number of thiazole rings is 2. The molecule has 4 aromatic rings. The van der Waals surface area contributed by atoms with E-state index in [1.54, 1.807) is 41.8 Å². The van der Waals surface area contributed by atoms with Crippen LogP contribution in [-0.2, 0) is 16.0 Å². The number of anilines is 1. The lowest BCUT2D eigenvalue weighted by molar-refractivity contribution is -0.105. The fourth-order valence-electron chi connectivity index (χ4n) is 3.08. The quantitative estimate of drug-likeness (QED) is 0.204. The van der Waals surface area contributed by atoms with Crippen LogP contribution in [0.4, 0.5) is 5.13 Å². The Morgan fingerprint density at radius 1 is 1.24 bits per heavy atom. The van der Waals surface area contributed by atoms with Crippen molar-refractivity contribution in [1.29, 1.82) is 0 Å². The normalized spacial score (nSPS) is 15.5. The molecule has 4 N–H and O–H groups in total. The van der Waals surface area contributed by atoms with Gasteiger partial charge in [0.2, 0.25) is 0 Å². The van der Waals surface area contributed by atoms with Gasteiger partial charge in [-0.1, -0.05) is 17.0 Å². The molecule has 0 saturated carbocycles. The Hall–Kier alpha value is -2.13. The molecule has 1 aromatic carbocycles. The van der Waals surface area contributed by atoms with Gasteiger partial charge in [-0.05, 0) is 25.1 Å². The number of hydrogen-bond donors (Lipinski definition) is 3. The number of aromatic nitrogens is 5. The van der Waals surface area contributed by atoms with Crippen molar-refractivity contribution in [2.24, 2.45) is 0 Å². The molecule has 0 saturated heterocycles. The van der Waals surface area contributed by atoms with E-state index in [1.807, 2.05) is 23.6 Å². The molecule has 4 atom stereocenters. The summed E-state index contributed by atoms with van der Waals surface area (Å²) >= 11 is 4.34. The van der Waals surface area contributed by atoms with Crippen molar-refractivity contribution in [2.75, 3.05) is 19.5 Å². The highest BCUT2D eigenvalue weighted by molar-refractivity contribution is 7.99. The third-order valence-corrected chi connectivity index (χ3v) is 7.52. The van der Waals surface area contributed by atoms with Crippen LogP contribution in [0.5, 0.6) is 0 Å². The fraction of sp³-hybridized carbons (Fsp3) is 0.400. The molecule has 0 radical (unpaired) electrons. The summed E-state index contributed by atoms with van der Waals surface area (Å²) in [6, 6.07) is 5.96. The Morgan fingerprint density at radius 2 is 2.09 bits per heavy atom. The maximum absolute atomic E-state index is 10.0. The number of hydrogen-bond acceptors (Lipinski definition) is 12. The zero-order valence-electron chi connectivity index (χ0n) is 17.9. The molecule has 0 amide bonds. The fourth-order valence-corrected chi connectivity index (χ4v) is 5.58. The first-order chi connectivity index (χ1) is 16.0. The predicted molar refractivity (Wildman–Crippen MR) is 129 cm³/mol. The highest BCUT2D eigenvalue weighted by atomic mass is 32.2. The van der Waals surface area contributed by atoms with Crippen LogP contribution >= 0.6 is 34.4 Å². The van der Waals surface area contributed by atoms with Gasteiger partial charge in [-0.3, -0.25) is 0 Å². The average molecular weight is 509 g/mol. The van der Waals surface area contributed by atoms with E-state index in [1.165, 1.54) is 23.1 Å². The summed E-state index contributed by atoms with van der Waals surface area (Å²) in [5, 5.41) is 30.4. The molecular weight excluding hydrogens is 484 g/mol. The topological polar surface area (TPSA) is 141 Å². The predicted octanol–water partition coefficient (Wildman–Crippen LogP) is 2.49. The minimum absolute atomic E-state index is 0.322. The monoisotopic (exact) mass is 508 g/mol. The van der Waals surface area contributed by atoms with E-state index >= 15 is 0 Å². The number of nitrogens with two attached hydrogens (primary N) is 1. The first kappa shape index (κ1) is 24.0. The summed E-state index contributed by atoms with van der Waals surface area (Å²) in [5.74, 6) is 0. The zero-order chi connectivity index (χ0) is 23.4. The second-order valence-corrected chi connectivity index (χ2v) is 10.2. The third-order valence-electron chi connectivity index (χ3n) is 4.88. The second-order valence-electron chi connectivity index (χ2n) is 7.24. The molecule has 0 aliphatic rings. The van der Waals surface area contributed by atoms with Gasteiger partial charge in [0.25, 0.3) is 0 Å². The number of ether oxygens (including phenoxy) is 2. The Morgan fingerprint density at radius 3 is 2.79 bits per heavy atom. The summed E-state index contributed by atoms with van der Waals surface area (Å²) in [6.45, 7) is 1.59. The molecule has 3 heterocycles. The molecule has 13 heteroatoms. The van der Waals surface area contributed by atoms with E-state index in [0.717, 1.165) is 15.1 Å². The van der Waals surface area contributed by atoms with Crippen molar-refractivity contribution in [2.45, 2.75) is 42.1 Å². The van der Waals surface area contributed by atoms with Crippen LogP contribution in [0, 0.1) is 0 Å². The lowest BCUT2D eigenvalue weighted by Gasteiger charge is -2.30. The molecule has 33 heavy (non-hydrogen) atoms. The van der Waals surface area contributed by atoms with Crippen molar-refractivity contribution < 1.29 is 19.7 Å². The molecule has 3 aromatic heterocycles. The number of aliphatic hydroxyl groups is 2. The maximum Gasteiger partial charge on any atom is 0.180 e. The van der Waals surface area contributed by atoms with Crippen LogP contribution in [0.25, 0.3) is 21.6 Å². The molecule has 4 rings (SSSR count). The molecule has 0 fully saturated rings. The summed E-state index contributed by atoms with van der Waals surface area (Å²) in [4.78, 5) is 9.51. The first-order valence-corrected chi connectivity index (χ1v) is 12.7. The standard InChI is InChI=1S/C20H24N6O4S3/c1-11(28)17(8-27)30-19(33-12-3-4-13-18(5-12)32-10-22-13)16(29-2)7-26-6-14(24-25-26)15-9-31-20(21)23-15/h3-6,9-11,16-17,19,27-28H,7-8H2,1-2H3,(H2,21,23)/t11-,16+,17?,19?/m1/s1. The van der Waals surface area contributed by atoms with Gasteiger partial charge in [0, 0.05) is 17.4 Å². The van der Waals surface area contributed by atoms with Crippen LogP contribution in [0.15, 0.2) is 40.2 Å². The summed E-state index contributed by atoms with van der Waals surface area (Å²) in [5.41, 5.74) is 9.17. The Kier molecular flexibility index (Phi) is 7.90. The van der Waals surface area contributed by atoms with Crippen LogP contribution < -0.4 is 5.73 Å². The minimum atomic E-state index is -0.854. The minimum Gasteiger partial charge on any atom is -0.394 e. The number of fused-ring (bicyclic) bond motifs is 1. The van der Waals surface area contributed by atoms with Gasteiger partial charge in [0.1, 0.15) is 29.0 Å².